The van der Waals surface area contributed by atoms with Gasteiger partial charge < -0.3 is 25.0 Å². The molecule has 1 aliphatic carbocycles. The van der Waals surface area contributed by atoms with Gasteiger partial charge in [-0.2, -0.15) is 0 Å². The number of nitrogens with one attached hydrogen (secondary N) is 2. The number of amides is 1. The molecule has 0 bridgehead atoms. The van der Waals surface area contributed by atoms with Crippen LogP contribution in [0.4, 0.5) is 5.69 Å². The second kappa shape index (κ2) is 10.7. The van der Waals surface area contributed by atoms with E-state index in [1.165, 1.54) is 6.42 Å². The molecular weight excluding hydrogens is 414 g/mol. The Morgan fingerprint density at radius 1 is 1.16 bits per heavy atom. The summed E-state index contributed by atoms with van der Waals surface area (Å²) in [5, 5.41) is 6.78. The van der Waals surface area contributed by atoms with Crippen LogP contribution in [0.25, 0.3) is 0 Å². The zero-order chi connectivity index (χ0) is 22.4. The van der Waals surface area contributed by atoms with Crippen molar-refractivity contribution in [2.24, 2.45) is 5.92 Å². The Kier molecular flexibility index (Phi) is 8.03. The standard InChI is InChI=1S/C23H31N3O4S/c1-15-19(22(28)30-14-13-29-3)20(25-23(31)26(15)2)16-9-11-18(12-10-16)24-21(27)17-7-5-4-6-8-17/h9-12,17,20H,4-8,13-14H2,1-3H3,(H,24,27)(H,25,31)/t20-/m0/s1. The van der Waals surface area contributed by atoms with Crippen molar-refractivity contribution in [1.29, 1.82) is 0 Å². The Bertz CT molecular complexity index is 847. The Balaban J connectivity index is 1.76. The van der Waals surface area contributed by atoms with Gasteiger partial charge >= 0.3 is 5.97 Å². The molecule has 168 valence electrons. The quantitative estimate of drug-likeness (QED) is 0.378. The summed E-state index contributed by atoms with van der Waals surface area (Å²) in [7, 11) is 3.37. The summed E-state index contributed by atoms with van der Waals surface area (Å²) in [5.41, 5.74) is 2.86. The minimum Gasteiger partial charge on any atom is -0.460 e. The summed E-state index contributed by atoms with van der Waals surface area (Å²) >= 11 is 5.43. The van der Waals surface area contributed by atoms with Gasteiger partial charge in [0, 0.05) is 31.5 Å². The molecule has 0 saturated heterocycles. The van der Waals surface area contributed by atoms with E-state index in [4.69, 9.17) is 21.7 Å². The number of methoxy groups -OCH3 is 1. The largest absolute Gasteiger partial charge is 0.460 e. The van der Waals surface area contributed by atoms with E-state index in [0.29, 0.717) is 17.3 Å². The molecule has 2 N–H and O–H groups in total. The van der Waals surface area contributed by atoms with Crippen LogP contribution in [-0.2, 0) is 19.1 Å². The van der Waals surface area contributed by atoms with Crippen molar-refractivity contribution in [2.75, 3.05) is 32.7 Å². The van der Waals surface area contributed by atoms with Crippen LogP contribution >= 0.6 is 12.2 Å². The van der Waals surface area contributed by atoms with Crippen LogP contribution in [-0.4, -0.2) is 49.3 Å². The van der Waals surface area contributed by atoms with Crippen LogP contribution < -0.4 is 10.6 Å². The lowest BCUT2D eigenvalue weighted by Gasteiger charge is -2.35. The van der Waals surface area contributed by atoms with Crippen LogP contribution in [0.3, 0.4) is 0 Å². The van der Waals surface area contributed by atoms with E-state index in [1.807, 2.05) is 38.2 Å². The highest BCUT2D eigenvalue weighted by Crippen LogP contribution is 2.31. The number of thiocarbonyl (C=S) groups is 1. The number of anilines is 1. The minimum absolute atomic E-state index is 0.0872. The SMILES string of the molecule is COCCOC(=O)C1=C(C)N(C)C(=S)N[C@H]1c1ccc(NC(=O)C2CCCCC2)cc1. The molecule has 1 aromatic carbocycles. The minimum atomic E-state index is -0.429. The number of benzene rings is 1. The fraction of sp³-hybridized carbons (Fsp3) is 0.522. The van der Waals surface area contributed by atoms with Gasteiger partial charge in [-0.15, -0.1) is 0 Å². The normalized spacial score (nSPS) is 19.8. The van der Waals surface area contributed by atoms with Crippen molar-refractivity contribution in [1.82, 2.24) is 10.2 Å². The van der Waals surface area contributed by atoms with Crippen molar-refractivity contribution in [2.45, 2.75) is 45.1 Å². The summed E-state index contributed by atoms with van der Waals surface area (Å²) < 4.78 is 10.4. The maximum atomic E-state index is 12.8. The van der Waals surface area contributed by atoms with Gasteiger partial charge in [0.05, 0.1) is 18.2 Å². The van der Waals surface area contributed by atoms with Gasteiger partial charge in [-0.25, -0.2) is 4.79 Å². The Morgan fingerprint density at radius 2 is 1.84 bits per heavy atom. The zero-order valence-electron chi connectivity index (χ0n) is 18.4. The number of esters is 1. The summed E-state index contributed by atoms with van der Waals surface area (Å²) in [4.78, 5) is 27.1. The molecule has 3 rings (SSSR count). The lowest BCUT2D eigenvalue weighted by Crippen LogP contribution is -2.46. The number of hydrogen-bond donors (Lipinski definition) is 2. The lowest BCUT2D eigenvalue weighted by atomic mass is 9.88. The average molecular weight is 446 g/mol. The van der Waals surface area contributed by atoms with Crippen molar-refractivity contribution in [3.8, 4) is 0 Å². The second-order valence-corrected chi connectivity index (χ2v) is 8.40. The first kappa shape index (κ1) is 23.2. The summed E-state index contributed by atoms with van der Waals surface area (Å²) in [6, 6.07) is 7.10. The molecule has 1 heterocycles. The van der Waals surface area contributed by atoms with Crippen molar-refractivity contribution in [3.05, 3.63) is 41.1 Å². The van der Waals surface area contributed by atoms with Gasteiger partial charge in [-0.1, -0.05) is 31.4 Å². The molecule has 1 fully saturated rings. The molecule has 0 spiro atoms. The van der Waals surface area contributed by atoms with Gasteiger partial charge in [0.1, 0.15) is 6.61 Å². The molecular formula is C23H31N3O4S. The van der Waals surface area contributed by atoms with Gasteiger partial charge in [0.25, 0.3) is 0 Å². The molecule has 1 aromatic rings. The zero-order valence-corrected chi connectivity index (χ0v) is 19.2. The predicted octanol–water partition coefficient (Wildman–Crippen LogP) is 3.53. The number of rotatable bonds is 7. The van der Waals surface area contributed by atoms with Crippen LogP contribution in [0, 0.1) is 5.92 Å². The van der Waals surface area contributed by atoms with E-state index in [2.05, 4.69) is 10.6 Å². The van der Waals surface area contributed by atoms with Crippen molar-refractivity contribution in [3.63, 3.8) is 0 Å². The second-order valence-electron chi connectivity index (χ2n) is 8.02. The van der Waals surface area contributed by atoms with Gasteiger partial charge in [0.2, 0.25) is 5.91 Å². The van der Waals surface area contributed by atoms with E-state index >= 15 is 0 Å². The number of nitrogens with zero attached hydrogens (tertiary/aromatic N) is 1. The highest BCUT2D eigenvalue weighted by Gasteiger charge is 2.33. The maximum absolute atomic E-state index is 12.8. The first-order chi connectivity index (χ1) is 14.9. The Morgan fingerprint density at radius 3 is 2.48 bits per heavy atom. The highest BCUT2D eigenvalue weighted by atomic mass is 32.1. The van der Waals surface area contributed by atoms with Crippen LogP contribution in [0.1, 0.15) is 50.6 Å². The molecule has 0 aromatic heterocycles. The molecule has 1 aliphatic heterocycles. The van der Waals surface area contributed by atoms with Gasteiger partial charge in [0.15, 0.2) is 5.11 Å². The third kappa shape index (κ3) is 5.62. The van der Waals surface area contributed by atoms with Gasteiger partial charge in [-0.05, 0) is 49.7 Å². The van der Waals surface area contributed by atoms with E-state index in [1.54, 1.807) is 12.0 Å². The summed E-state index contributed by atoms with van der Waals surface area (Å²) in [6.45, 7) is 2.37. The van der Waals surface area contributed by atoms with E-state index < -0.39 is 12.0 Å². The van der Waals surface area contributed by atoms with Crippen LogP contribution in [0.15, 0.2) is 35.5 Å². The lowest BCUT2D eigenvalue weighted by molar-refractivity contribution is -0.140. The smallest absolute Gasteiger partial charge is 0.338 e. The summed E-state index contributed by atoms with van der Waals surface area (Å²) in [6.07, 6.45) is 5.37. The number of allylic oxidation sites excluding steroid dienone is 1. The molecule has 2 aliphatic rings. The molecule has 1 saturated carbocycles. The third-order valence-electron chi connectivity index (χ3n) is 5.98. The highest BCUT2D eigenvalue weighted by molar-refractivity contribution is 7.80. The van der Waals surface area contributed by atoms with E-state index in [0.717, 1.165) is 42.6 Å². The van der Waals surface area contributed by atoms with Crippen molar-refractivity contribution >= 4 is 34.9 Å². The summed E-state index contributed by atoms with van der Waals surface area (Å²) in [5.74, 6) is -0.222. The van der Waals surface area contributed by atoms with E-state index in [-0.39, 0.29) is 18.4 Å². The van der Waals surface area contributed by atoms with Crippen molar-refractivity contribution < 1.29 is 19.1 Å². The topological polar surface area (TPSA) is 79.9 Å². The monoisotopic (exact) mass is 445 g/mol. The fourth-order valence-electron chi connectivity index (χ4n) is 4.01. The number of hydrogen-bond acceptors (Lipinski definition) is 5. The molecule has 1 atom stereocenters. The van der Waals surface area contributed by atoms with Gasteiger partial charge in [-0.3, -0.25) is 4.79 Å². The molecule has 8 heteroatoms. The predicted molar refractivity (Wildman–Crippen MR) is 123 cm³/mol. The first-order valence-corrected chi connectivity index (χ1v) is 11.1. The Labute approximate surface area is 189 Å². The number of carbonyl (C=O) groups excluding carboxylic acids is 2. The fourth-order valence-corrected chi connectivity index (χ4v) is 4.27. The molecule has 7 nitrogen and oxygen atoms in total. The van der Waals surface area contributed by atoms with Crippen LogP contribution in [0.5, 0.6) is 0 Å². The molecule has 0 unspecified atom stereocenters. The molecule has 31 heavy (non-hydrogen) atoms. The molecule has 0 radical (unpaired) electrons. The average Bonchev–Trinajstić information content (AvgIpc) is 2.78. The van der Waals surface area contributed by atoms with Crippen LogP contribution in [0.2, 0.25) is 0 Å². The number of carbonyl (C=O) groups is 2. The third-order valence-corrected chi connectivity index (χ3v) is 6.37. The number of ether oxygens (including phenoxy) is 2. The van der Waals surface area contributed by atoms with E-state index in [9.17, 15) is 9.59 Å². The molecule has 1 amide bonds. The maximum Gasteiger partial charge on any atom is 0.338 e. The first-order valence-electron chi connectivity index (χ1n) is 10.7. The Hall–Kier alpha value is -2.45.